The number of anilines is 1. The molecule has 0 saturated heterocycles. The molecule has 0 aliphatic heterocycles. The largest absolute Gasteiger partial charge is 0.396 e. The van der Waals surface area contributed by atoms with E-state index in [9.17, 15) is 5.11 Å². The molecule has 0 radical (unpaired) electrons. The Labute approximate surface area is 142 Å². The van der Waals surface area contributed by atoms with Gasteiger partial charge in [-0.2, -0.15) is 0 Å². The lowest BCUT2D eigenvalue weighted by Crippen LogP contribution is -2.28. The summed E-state index contributed by atoms with van der Waals surface area (Å²) >= 11 is 0. The second-order valence-corrected chi connectivity index (χ2v) is 6.21. The maximum absolute atomic E-state index is 9.22. The van der Waals surface area contributed by atoms with Crippen molar-refractivity contribution in [3.63, 3.8) is 0 Å². The lowest BCUT2D eigenvalue weighted by atomic mass is 10.0. The lowest BCUT2D eigenvalue weighted by Gasteiger charge is -2.26. The molecule has 0 amide bonds. The first kappa shape index (κ1) is 16.5. The number of nitrogens with zero attached hydrogens (tertiary/aromatic N) is 4. The number of rotatable bonds is 8. The van der Waals surface area contributed by atoms with E-state index in [2.05, 4.69) is 52.6 Å². The van der Waals surface area contributed by atoms with E-state index in [1.807, 2.05) is 28.9 Å². The topological polar surface area (TPSA) is 54.2 Å². The third kappa shape index (κ3) is 3.92. The number of fused-ring (bicyclic) bond motifs is 1. The predicted molar refractivity (Wildman–Crippen MR) is 97.0 cm³/mol. The molecule has 5 heteroatoms. The number of hydrogen-bond acceptors (Lipinski definition) is 4. The van der Waals surface area contributed by atoms with E-state index in [1.165, 1.54) is 5.69 Å². The first-order valence-corrected chi connectivity index (χ1v) is 8.43. The fraction of sp³-hybridized carbons (Fsp3) is 0.368. The van der Waals surface area contributed by atoms with Gasteiger partial charge in [0.25, 0.3) is 0 Å². The van der Waals surface area contributed by atoms with E-state index in [1.54, 1.807) is 0 Å². The highest BCUT2D eigenvalue weighted by molar-refractivity contribution is 5.73. The quantitative estimate of drug-likeness (QED) is 0.692. The number of aromatic nitrogens is 3. The zero-order valence-electron chi connectivity index (χ0n) is 14.0. The van der Waals surface area contributed by atoms with Gasteiger partial charge in [-0.15, -0.1) is 5.10 Å². The molecule has 0 saturated carbocycles. The molecule has 1 N–H and O–H groups in total. The van der Waals surface area contributed by atoms with Gasteiger partial charge in [0.15, 0.2) is 0 Å². The average molecular weight is 324 g/mol. The van der Waals surface area contributed by atoms with E-state index in [0.717, 1.165) is 37.0 Å². The number of aliphatic hydroxyl groups excluding tert-OH is 1. The summed E-state index contributed by atoms with van der Waals surface area (Å²) in [6, 6.07) is 18.4. The van der Waals surface area contributed by atoms with Crippen molar-refractivity contribution in [1.82, 2.24) is 15.0 Å². The molecule has 1 heterocycles. The fourth-order valence-electron chi connectivity index (χ4n) is 3.09. The molecular weight excluding hydrogens is 300 g/mol. The van der Waals surface area contributed by atoms with E-state index in [4.69, 9.17) is 0 Å². The molecule has 0 aliphatic carbocycles. The van der Waals surface area contributed by atoms with Crippen LogP contribution in [-0.4, -0.2) is 40.3 Å². The lowest BCUT2D eigenvalue weighted by molar-refractivity contribution is 0.264. The van der Waals surface area contributed by atoms with Crippen molar-refractivity contribution in [3.05, 3.63) is 54.6 Å². The Morgan fingerprint density at radius 2 is 1.83 bits per heavy atom. The minimum absolute atomic E-state index is 0.226. The van der Waals surface area contributed by atoms with Crippen LogP contribution in [0.2, 0.25) is 0 Å². The molecule has 126 valence electrons. The third-order valence-corrected chi connectivity index (χ3v) is 4.35. The Morgan fingerprint density at radius 1 is 1.08 bits per heavy atom. The van der Waals surface area contributed by atoms with Gasteiger partial charge in [-0.1, -0.05) is 35.5 Å². The first-order valence-electron chi connectivity index (χ1n) is 8.43. The Morgan fingerprint density at radius 3 is 2.62 bits per heavy atom. The average Bonchev–Trinajstić information content (AvgIpc) is 3.03. The molecule has 1 unspecified atom stereocenters. The molecule has 0 spiro atoms. The van der Waals surface area contributed by atoms with Gasteiger partial charge >= 0.3 is 0 Å². The van der Waals surface area contributed by atoms with Gasteiger partial charge in [-0.25, -0.2) is 4.68 Å². The third-order valence-electron chi connectivity index (χ3n) is 4.35. The maximum atomic E-state index is 9.22. The van der Waals surface area contributed by atoms with Crippen molar-refractivity contribution >= 4 is 16.7 Å². The smallest absolute Gasteiger partial charge is 0.113 e. The van der Waals surface area contributed by atoms with Crippen LogP contribution in [0.4, 0.5) is 5.69 Å². The van der Waals surface area contributed by atoms with Crippen molar-refractivity contribution in [3.8, 4) is 0 Å². The van der Waals surface area contributed by atoms with Crippen molar-refractivity contribution in [2.75, 3.05) is 25.1 Å². The number of benzene rings is 2. The summed E-state index contributed by atoms with van der Waals surface area (Å²) in [5.74, 6) is 0.396. The van der Waals surface area contributed by atoms with Crippen LogP contribution in [-0.2, 0) is 6.54 Å². The summed E-state index contributed by atoms with van der Waals surface area (Å²) in [6.07, 6.45) is 1.77. The Kier molecular flexibility index (Phi) is 5.43. The summed E-state index contributed by atoms with van der Waals surface area (Å²) in [6.45, 7) is 1.94. The molecule has 5 nitrogen and oxygen atoms in total. The maximum Gasteiger partial charge on any atom is 0.113 e. The van der Waals surface area contributed by atoms with E-state index < -0.39 is 0 Å². The van der Waals surface area contributed by atoms with Crippen LogP contribution in [0.1, 0.15) is 12.8 Å². The van der Waals surface area contributed by atoms with Gasteiger partial charge in [0.05, 0.1) is 5.52 Å². The van der Waals surface area contributed by atoms with E-state index in [0.29, 0.717) is 5.92 Å². The van der Waals surface area contributed by atoms with Crippen LogP contribution in [0.5, 0.6) is 0 Å². The van der Waals surface area contributed by atoms with Crippen LogP contribution in [0.15, 0.2) is 54.6 Å². The van der Waals surface area contributed by atoms with Gasteiger partial charge < -0.3 is 10.0 Å². The van der Waals surface area contributed by atoms with Crippen LogP contribution >= 0.6 is 0 Å². The van der Waals surface area contributed by atoms with Crippen LogP contribution in [0.3, 0.4) is 0 Å². The van der Waals surface area contributed by atoms with Gasteiger partial charge in [-0.05, 0) is 43.0 Å². The van der Waals surface area contributed by atoms with Crippen molar-refractivity contribution in [2.45, 2.75) is 19.4 Å². The van der Waals surface area contributed by atoms with E-state index >= 15 is 0 Å². The van der Waals surface area contributed by atoms with Gasteiger partial charge in [0, 0.05) is 32.4 Å². The molecule has 0 aliphatic rings. The summed E-state index contributed by atoms with van der Waals surface area (Å²) in [5.41, 5.74) is 3.19. The van der Waals surface area contributed by atoms with Crippen LogP contribution < -0.4 is 4.90 Å². The normalized spacial score (nSPS) is 12.4. The molecule has 1 atom stereocenters. The van der Waals surface area contributed by atoms with Crippen molar-refractivity contribution in [2.24, 2.45) is 5.92 Å². The Balaban J connectivity index is 1.74. The fourth-order valence-corrected chi connectivity index (χ4v) is 3.09. The molecule has 0 bridgehead atoms. The summed E-state index contributed by atoms with van der Waals surface area (Å²) < 4.78 is 1.98. The first-order chi connectivity index (χ1) is 11.8. The highest BCUT2D eigenvalue weighted by atomic mass is 16.2. The number of para-hydroxylation sites is 2. The monoisotopic (exact) mass is 324 g/mol. The molecule has 1 aromatic heterocycles. The van der Waals surface area contributed by atoms with Gasteiger partial charge in [-0.3, -0.25) is 0 Å². The minimum Gasteiger partial charge on any atom is -0.396 e. The SMILES string of the molecule is CN(CC(CCCO)Cn1nnc2ccccc21)c1ccccc1. The summed E-state index contributed by atoms with van der Waals surface area (Å²) in [5, 5.41) is 17.8. The highest BCUT2D eigenvalue weighted by Crippen LogP contribution is 2.19. The molecule has 2 aromatic carbocycles. The van der Waals surface area contributed by atoms with Crippen LogP contribution in [0.25, 0.3) is 11.0 Å². The van der Waals surface area contributed by atoms with Gasteiger partial charge in [0.1, 0.15) is 5.52 Å². The summed E-state index contributed by atoms with van der Waals surface area (Å²) in [4.78, 5) is 2.27. The minimum atomic E-state index is 0.226. The van der Waals surface area contributed by atoms with Gasteiger partial charge in [0.2, 0.25) is 0 Å². The van der Waals surface area contributed by atoms with Crippen molar-refractivity contribution < 1.29 is 5.11 Å². The Hall–Kier alpha value is -2.40. The van der Waals surface area contributed by atoms with Crippen molar-refractivity contribution in [1.29, 1.82) is 0 Å². The summed E-state index contributed by atoms with van der Waals surface area (Å²) in [7, 11) is 2.11. The highest BCUT2D eigenvalue weighted by Gasteiger charge is 2.15. The zero-order chi connectivity index (χ0) is 16.8. The second kappa shape index (κ2) is 7.93. The molecule has 24 heavy (non-hydrogen) atoms. The van der Waals surface area contributed by atoms with Crippen LogP contribution in [0, 0.1) is 5.92 Å². The van der Waals surface area contributed by atoms with E-state index in [-0.39, 0.29) is 6.61 Å². The predicted octanol–water partition coefficient (Wildman–Crippen LogP) is 2.96. The Bertz CT molecular complexity index is 756. The number of aliphatic hydroxyl groups is 1. The second-order valence-electron chi connectivity index (χ2n) is 6.21. The molecular formula is C19H24N4O. The molecule has 3 rings (SSSR count). The standard InChI is InChI=1S/C19H24N4O/c1-22(17-9-3-2-4-10-17)14-16(8-7-13-24)15-23-19-12-6-5-11-18(19)20-21-23/h2-6,9-12,16,24H,7-8,13-15H2,1H3. The molecule has 0 fully saturated rings. The molecule has 3 aromatic rings. The number of hydrogen-bond donors (Lipinski definition) is 1. The zero-order valence-corrected chi connectivity index (χ0v) is 14.0.